The number of fused-ring (bicyclic) bond motifs is 3. The van der Waals surface area contributed by atoms with Gasteiger partial charge in [-0.3, -0.25) is 48.5 Å². The van der Waals surface area contributed by atoms with Gasteiger partial charge in [-0.1, -0.05) is 12.2 Å². The van der Waals surface area contributed by atoms with Gasteiger partial charge in [0.25, 0.3) is 11.8 Å². The SMILES string of the molecule is CCn1nc(C)cc1C(=O)Nc1nc2cc(C(N)=O)cnc2n1C/C=C/Cn1c(NC(=O)c2cc(C)nn2CC)nc2cc(C(N)=O)cc(OCCCN3CCC(c4nnc5n4CCN(C(=O)CCOCCOCCOCCOCCON)C5)CC3)c21. The number of nitrogens with zero attached hydrogens (tertiary/aromatic N) is 14. The lowest BCUT2D eigenvalue weighted by Gasteiger charge is -2.33. The Kier molecular flexibility index (Phi) is 21.9. The largest absolute Gasteiger partial charge is 0.491 e. The third-order valence-corrected chi connectivity index (χ3v) is 14.9. The number of imidazole rings is 2. The molecule has 6 aromatic heterocycles. The lowest BCUT2D eigenvalue weighted by atomic mass is 9.95. The zero-order valence-corrected chi connectivity index (χ0v) is 49.7. The van der Waals surface area contributed by atoms with E-state index in [-0.39, 0.29) is 61.0 Å². The second kappa shape index (κ2) is 30.2. The average Bonchev–Trinajstić information content (AvgIpc) is 2.19. The van der Waals surface area contributed by atoms with Crippen LogP contribution in [-0.4, -0.2) is 190 Å². The van der Waals surface area contributed by atoms with Gasteiger partial charge in [0.15, 0.2) is 11.5 Å². The van der Waals surface area contributed by atoms with Crippen molar-refractivity contribution in [2.75, 3.05) is 103 Å². The molecule has 1 aromatic carbocycles. The molecule has 8 N–H and O–H groups in total. The Bertz CT molecular complexity index is 3560. The van der Waals surface area contributed by atoms with Crippen molar-refractivity contribution in [1.82, 2.24) is 68.2 Å². The molecular weight excluding hydrogens is 1130 g/mol. The summed E-state index contributed by atoms with van der Waals surface area (Å²) in [5, 5.41) is 23.9. The van der Waals surface area contributed by atoms with Crippen LogP contribution in [0.3, 0.4) is 0 Å². The van der Waals surface area contributed by atoms with Crippen LogP contribution in [0.4, 0.5) is 11.9 Å². The summed E-state index contributed by atoms with van der Waals surface area (Å²) in [4.78, 5) is 88.4. The lowest BCUT2D eigenvalue weighted by molar-refractivity contribution is -0.134. The number of amides is 5. The van der Waals surface area contributed by atoms with E-state index < -0.39 is 23.6 Å². The van der Waals surface area contributed by atoms with Crippen molar-refractivity contribution in [3.63, 3.8) is 0 Å². The standard InChI is InChI=1S/C57H77N19O11/c1-5-75-44(30-37(3)68-75)54(80)64-56-62-42-32-40(50(58)78)34-46(49(42)73(56)14-7-8-15-74-53-43(33-41(35-61-53)51(59)79)63-57(74)65-55(81)45-31-38(4)69-76(45)6-2)86-20-9-13-70-16-10-39(11-17-70)52-67-66-47-36-71(18-19-72(47)52)48(77)12-21-82-22-23-83-24-25-84-26-27-85-28-29-87-60/h7-8,30-35,39H,5-6,9-29,36,60H2,1-4H3,(H2,58,78)(H2,59,79)(H,62,64,80)(H,63,65,81)/b8-7+. The number of allylic oxidation sites excluding steroid dienone is 2. The summed E-state index contributed by atoms with van der Waals surface area (Å²) >= 11 is 0. The predicted molar refractivity (Wildman–Crippen MR) is 317 cm³/mol. The van der Waals surface area contributed by atoms with E-state index in [1.54, 1.807) is 56.6 Å². The molecule has 30 heteroatoms. The molecule has 0 bridgehead atoms. The van der Waals surface area contributed by atoms with Gasteiger partial charge in [0.2, 0.25) is 29.6 Å². The molecule has 5 amide bonds. The average molecular weight is 1200 g/mol. The number of carbonyl (C=O) groups excluding carboxylic acids is 5. The van der Waals surface area contributed by atoms with Crippen molar-refractivity contribution in [3.8, 4) is 5.75 Å². The van der Waals surface area contributed by atoms with Crippen molar-refractivity contribution in [2.45, 2.75) is 98.6 Å². The van der Waals surface area contributed by atoms with Gasteiger partial charge in [-0.15, -0.1) is 10.2 Å². The van der Waals surface area contributed by atoms with Crippen LogP contribution in [0.5, 0.6) is 5.75 Å². The summed E-state index contributed by atoms with van der Waals surface area (Å²) in [6, 6.07) is 8.05. The summed E-state index contributed by atoms with van der Waals surface area (Å²) in [5.74, 6) is 5.36. The Morgan fingerprint density at radius 3 is 1.85 bits per heavy atom. The predicted octanol–water partition coefficient (Wildman–Crippen LogP) is 2.72. The first-order chi connectivity index (χ1) is 42.2. The van der Waals surface area contributed by atoms with E-state index in [2.05, 4.69) is 55.3 Å². The van der Waals surface area contributed by atoms with Crippen molar-refractivity contribution < 1.29 is 52.5 Å². The first-order valence-electron chi connectivity index (χ1n) is 29.3. The molecule has 1 fully saturated rings. The van der Waals surface area contributed by atoms with E-state index in [1.807, 2.05) is 30.9 Å². The monoisotopic (exact) mass is 1200 g/mol. The van der Waals surface area contributed by atoms with Crippen LogP contribution in [0.1, 0.15) is 110 Å². The number of aryl methyl sites for hydroxylation is 4. The molecule has 2 aliphatic rings. The number of aromatic nitrogens is 12. The highest BCUT2D eigenvalue weighted by molar-refractivity contribution is 6.05. The Balaban J connectivity index is 0.816. The van der Waals surface area contributed by atoms with Gasteiger partial charge in [0, 0.05) is 63.5 Å². The number of benzene rings is 1. The fraction of sp³-hybridized carbons (Fsp3) is 0.509. The number of primary amides is 2. The number of anilines is 2. The van der Waals surface area contributed by atoms with Gasteiger partial charge in [-0.25, -0.2) is 20.8 Å². The molecule has 30 nitrogen and oxygen atoms in total. The molecule has 466 valence electrons. The maximum Gasteiger partial charge on any atom is 0.276 e. The van der Waals surface area contributed by atoms with E-state index in [1.165, 1.54) is 12.3 Å². The fourth-order valence-corrected chi connectivity index (χ4v) is 10.6. The number of rotatable bonds is 33. The Morgan fingerprint density at radius 1 is 0.667 bits per heavy atom. The molecule has 0 saturated carbocycles. The van der Waals surface area contributed by atoms with Gasteiger partial charge in [0.05, 0.1) is 102 Å². The maximum atomic E-state index is 14.0. The second-order valence-electron chi connectivity index (χ2n) is 20.9. The highest BCUT2D eigenvalue weighted by atomic mass is 16.6. The molecule has 2 aliphatic heterocycles. The Morgan fingerprint density at radius 2 is 1.24 bits per heavy atom. The summed E-state index contributed by atoms with van der Waals surface area (Å²) in [6.45, 7) is 16.5. The highest BCUT2D eigenvalue weighted by Crippen LogP contribution is 2.33. The van der Waals surface area contributed by atoms with Gasteiger partial charge >= 0.3 is 0 Å². The normalized spacial score (nSPS) is 14.0. The van der Waals surface area contributed by atoms with Gasteiger partial charge in [-0.05, 0) is 90.4 Å². The molecule has 87 heavy (non-hydrogen) atoms. The van der Waals surface area contributed by atoms with Crippen LogP contribution in [0.25, 0.3) is 22.2 Å². The molecule has 0 atom stereocenters. The molecule has 1 saturated heterocycles. The number of hydrogen-bond donors (Lipinski definition) is 5. The molecule has 8 heterocycles. The summed E-state index contributed by atoms with van der Waals surface area (Å²) in [7, 11) is 0. The van der Waals surface area contributed by atoms with E-state index in [0.29, 0.717) is 149 Å². The fourth-order valence-electron chi connectivity index (χ4n) is 10.6. The van der Waals surface area contributed by atoms with Gasteiger partial charge < -0.3 is 58.9 Å². The number of nitrogens with one attached hydrogen (secondary N) is 2. The summed E-state index contributed by atoms with van der Waals surface area (Å²) < 4.78 is 37.3. The molecule has 9 rings (SSSR count). The van der Waals surface area contributed by atoms with Crippen LogP contribution in [0, 0.1) is 13.8 Å². The minimum absolute atomic E-state index is 0.00703. The highest BCUT2D eigenvalue weighted by Gasteiger charge is 2.30. The van der Waals surface area contributed by atoms with Crippen LogP contribution >= 0.6 is 0 Å². The number of carbonyl (C=O) groups is 5. The van der Waals surface area contributed by atoms with Crippen LogP contribution in [-0.2, 0) is 67.8 Å². The summed E-state index contributed by atoms with van der Waals surface area (Å²) in [6.07, 6.45) is 7.74. The second-order valence-corrected chi connectivity index (χ2v) is 20.9. The van der Waals surface area contributed by atoms with Crippen LogP contribution in [0.15, 0.2) is 48.7 Å². The molecule has 0 spiro atoms. The maximum absolute atomic E-state index is 14.0. The van der Waals surface area contributed by atoms with Crippen molar-refractivity contribution >= 4 is 63.6 Å². The summed E-state index contributed by atoms with van der Waals surface area (Å²) in [5.41, 5.74) is 15.4. The molecular formula is C57H77N19O11. The molecule has 7 aromatic rings. The van der Waals surface area contributed by atoms with Gasteiger partial charge in [-0.2, -0.15) is 10.2 Å². The van der Waals surface area contributed by atoms with Crippen molar-refractivity contribution in [3.05, 3.63) is 94.2 Å². The number of piperidine rings is 1. The quantitative estimate of drug-likeness (QED) is 0.0224. The Hall–Kier alpha value is -8.52. The number of hydrogen-bond acceptors (Lipinski definition) is 20. The number of nitrogens with two attached hydrogens (primary N) is 3. The van der Waals surface area contributed by atoms with E-state index in [0.717, 1.165) is 44.1 Å². The lowest BCUT2D eigenvalue weighted by Crippen LogP contribution is -2.40. The van der Waals surface area contributed by atoms with E-state index in [4.69, 9.17) is 46.0 Å². The number of pyridine rings is 1. The molecule has 0 unspecified atom stereocenters. The zero-order chi connectivity index (χ0) is 61.4. The van der Waals surface area contributed by atoms with Crippen LogP contribution in [0.2, 0.25) is 0 Å². The molecule has 0 aliphatic carbocycles. The molecule has 0 radical (unpaired) electrons. The zero-order valence-electron chi connectivity index (χ0n) is 49.7. The van der Waals surface area contributed by atoms with E-state index in [9.17, 15) is 24.0 Å². The van der Waals surface area contributed by atoms with Crippen molar-refractivity contribution in [2.24, 2.45) is 17.4 Å². The van der Waals surface area contributed by atoms with E-state index >= 15 is 0 Å². The number of ether oxygens (including phenoxy) is 5. The Labute approximate surface area is 501 Å². The minimum Gasteiger partial charge on any atom is -0.491 e. The first-order valence-corrected chi connectivity index (χ1v) is 29.3. The number of likely N-dealkylation sites (tertiary alicyclic amines) is 1. The third kappa shape index (κ3) is 15.9. The topological polar surface area (TPSA) is 364 Å². The van der Waals surface area contributed by atoms with Crippen LogP contribution < -0.4 is 32.7 Å². The van der Waals surface area contributed by atoms with Crippen molar-refractivity contribution in [1.29, 1.82) is 0 Å². The third-order valence-electron chi connectivity index (χ3n) is 14.9. The first kappa shape index (κ1) is 63.0. The minimum atomic E-state index is -0.681. The smallest absolute Gasteiger partial charge is 0.276 e. The van der Waals surface area contributed by atoms with Gasteiger partial charge in [0.1, 0.15) is 34.0 Å².